The van der Waals surface area contributed by atoms with Crippen molar-refractivity contribution in [2.24, 2.45) is 5.92 Å². The Balaban J connectivity index is 1.93. The van der Waals surface area contributed by atoms with Crippen molar-refractivity contribution in [3.63, 3.8) is 0 Å². The van der Waals surface area contributed by atoms with Crippen molar-refractivity contribution in [2.45, 2.75) is 32.4 Å². The molecular weight excluding hydrogens is 294 g/mol. The summed E-state index contributed by atoms with van der Waals surface area (Å²) in [5, 5.41) is 3.89. The molecule has 0 radical (unpaired) electrons. The Bertz CT molecular complexity index is 411. The number of fused-ring (bicyclic) bond motifs is 1. The topological polar surface area (TPSA) is 38.3 Å². The van der Waals surface area contributed by atoms with E-state index in [1.807, 2.05) is 31.2 Å². The van der Waals surface area contributed by atoms with E-state index < -0.39 is 0 Å². The molecule has 0 spiro atoms. The molecule has 0 bridgehead atoms. The minimum absolute atomic E-state index is 0.0218. The van der Waals surface area contributed by atoms with E-state index in [4.69, 9.17) is 4.74 Å². The average Bonchev–Trinajstić information content (AvgIpc) is 2.81. The Morgan fingerprint density at radius 1 is 1.50 bits per heavy atom. The summed E-state index contributed by atoms with van der Waals surface area (Å²) in [6, 6.07) is 7.96. The molecule has 3 unspecified atom stereocenters. The van der Waals surface area contributed by atoms with Crippen LogP contribution in [-0.2, 0) is 11.2 Å². The van der Waals surface area contributed by atoms with Gasteiger partial charge in [-0.3, -0.25) is 4.79 Å². The van der Waals surface area contributed by atoms with Crippen molar-refractivity contribution in [3.8, 4) is 5.75 Å². The van der Waals surface area contributed by atoms with Gasteiger partial charge in [0.05, 0.1) is 0 Å². The summed E-state index contributed by atoms with van der Waals surface area (Å²) in [6.45, 7) is 4.12. The summed E-state index contributed by atoms with van der Waals surface area (Å²) in [7, 11) is 0. The molecule has 1 aliphatic rings. The molecule has 1 amide bonds. The van der Waals surface area contributed by atoms with Gasteiger partial charge in [0.2, 0.25) is 0 Å². The van der Waals surface area contributed by atoms with E-state index in [2.05, 4.69) is 28.2 Å². The van der Waals surface area contributed by atoms with Gasteiger partial charge in [-0.05, 0) is 24.5 Å². The van der Waals surface area contributed by atoms with Crippen LogP contribution in [0.25, 0.3) is 0 Å². The maximum Gasteiger partial charge on any atom is 0.261 e. The first kappa shape index (κ1) is 13.4. The number of benzene rings is 1. The average molecular weight is 312 g/mol. The molecule has 18 heavy (non-hydrogen) atoms. The number of hydrogen-bond donors (Lipinski definition) is 1. The predicted octanol–water partition coefficient (Wildman–Crippen LogP) is 2.53. The molecule has 0 saturated carbocycles. The van der Waals surface area contributed by atoms with Gasteiger partial charge in [-0.2, -0.15) is 0 Å². The highest BCUT2D eigenvalue weighted by molar-refractivity contribution is 9.09. The third-order valence-electron chi connectivity index (χ3n) is 3.41. The van der Waals surface area contributed by atoms with E-state index >= 15 is 0 Å². The molecule has 1 aromatic rings. The van der Waals surface area contributed by atoms with E-state index in [0.717, 1.165) is 16.6 Å². The maximum atomic E-state index is 12.1. The van der Waals surface area contributed by atoms with Crippen molar-refractivity contribution in [2.75, 3.05) is 5.33 Å². The van der Waals surface area contributed by atoms with Gasteiger partial charge >= 0.3 is 0 Å². The van der Waals surface area contributed by atoms with E-state index in [9.17, 15) is 4.79 Å². The maximum absolute atomic E-state index is 12.1. The van der Waals surface area contributed by atoms with Crippen LogP contribution in [-0.4, -0.2) is 23.4 Å². The van der Waals surface area contributed by atoms with E-state index in [-0.39, 0.29) is 18.1 Å². The lowest BCUT2D eigenvalue weighted by Gasteiger charge is -2.21. The van der Waals surface area contributed by atoms with Crippen LogP contribution in [0.2, 0.25) is 0 Å². The van der Waals surface area contributed by atoms with E-state index in [0.29, 0.717) is 12.3 Å². The molecule has 0 aromatic heterocycles. The molecule has 1 aromatic carbocycles. The standard InChI is InChI=1S/C14H18BrNO2/c1-9(8-15)10(2)16-14(17)13-7-11-5-3-4-6-12(11)18-13/h3-6,9-10,13H,7-8H2,1-2H3,(H,16,17). The molecule has 3 nitrogen and oxygen atoms in total. The Labute approximate surface area is 116 Å². The highest BCUT2D eigenvalue weighted by Crippen LogP contribution is 2.28. The lowest BCUT2D eigenvalue weighted by Crippen LogP contribution is -2.44. The number of amides is 1. The highest BCUT2D eigenvalue weighted by atomic mass is 79.9. The zero-order valence-corrected chi connectivity index (χ0v) is 12.2. The number of rotatable bonds is 4. The quantitative estimate of drug-likeness (QED) is 0.868. The molecule has 2 rings (SSSR count). The van der Waals surface area contributed by atoms with Crippen molar-refractivity contribution < 1.29 is 9.53 Å². The number of halogens is 1. The summed E-state index contributed by atoms with van der Waals surface area (Å²) in [5.41, 5.74) is 1.11. The summed E-state index contributed by atoms with van der Waals surface area (Å²) < 4.78 is 5.66. The van der Waals surface area contributed by atoms with Crippen LogP contribution in [0, 0.1) is 5.92 Å². The van der Waals surface area contributed by atoms with Gasteiger partial charge in [0.15, 0.2) is 6.10 Å². The van der Waals surface area contributed by atoms with Gasteiger partial charge in [0.25, 0.3) is 5.91 Å². The van der Waals surface area contributed by atoms with Gasteiger partial charge in [0, 0.05) is 17.8 Å². The summed E-state index contributed by atoms with van der Waals surface area (Å²) in [6.07, 6.45) is 0.282. The number of para-hydroxylation sites is 1. The van der Waals surface area contributed by atoms with Crippen LogP contribution in [0.3, 0.4) is 0 Å². The van der Waals surface area contributed by atoms with Gasteiger partial charge in [-0.25, -0.2) is 0 Å². The molecule has 4 heteroatoms. The molecule has 0 fully saturated rings. The highest BCUT2D eigenvalue weighted by Gasteiger charge is 2.29. The van der Waals surface area contributed by atoms with Crippen LogP contribution >= 0.6 is 15.9 Å². The Morgan fingerprint density at radius 2 is 2.22 bits per heavy atom. The number of ether oxygens (including phenoxy) is 1. The van der Waals surface area contributed by atoms with Crippen molar-refractivity contribution in [1.29, 1.82) is 0 Å². The molecular formula is C14H18BrNO2. The number of alkyl halides is 1. The number of hydrogen-bond acceptors (Lipinski definition) is 2. The van der Waals surface area contributed by atoms with Crippen LogP contribution in [0.15, 0.2) is 24.3 Å². The number of nitrogens with one attached hydrogen (secondary N) is 1. The van der Waals surface area contributed by atoms with E-state index in [1.54, 1.807) is 0 Å². The molecule has 0 saturated heterocycles. The second-order valence-corrected chi connectivity index (χ2v) is 5.49. The second-order valence-electron chi connectivity index (χ2n) is 4.85. The van der Waals surface area contributed by atoms with Gasteiger partial charge in [-0.15, -0.1) is 0 Å². The Kier molecular flexibility index (Phi) is 4.27. The molecule has 1 aliphatic heterocycles. The van der Waals surface area contributed by atoms with Crippen molar-refractivity contribution in [1.82, 2.24) is 5.32 Å². The zero-order valence-electron chi connectivity index (χ0n) is 10.7. The van der Waals surface area contributed by atoms with Gasteiger partial charge < -0.3 is 10.1 Å². The van der Waals surface area contributed by atoms with Crippen molar-refractivity contribution in [3.05, 3.63) is 29.8 Å². The van der Waals surface area contributed by atoms with Crippen LogP contribution in [0.5, 0.6) is 5.75 Å². The van der Waals surface area contributed by atoms with Gasteiger partial charge in [-0.1, -0.05) is 41.1 Å². The smallest absolute Gasteiger partial charge is 0.261 e. The molecule has 1 heterocycles. The molecule has 3 atom stereocenters. The van der Waals surface area contributed by atoms with Gasteiger partial charge in [0.1, 0.15) is 5.75 Å². The molecule has 98 valence electrons. The monoisotopic (exact) mass is 311 g/mol. The summed E-state index contributed by atoms with van der Waals surface area (Å²) in [5.74, 6) is 1.21. The SMILES string of the molecule is CC(CBr)C(C)NC(=O)C1Cc2ccccc2O1. The minimum atomic E-state index is -0.382. The lowest BCUT2D eigenvalue weighted by atomic mass is 10.1. The van der Waals surface area contributed by atoms with Crippen LogP contribution < -0.4 is 10.1 Å². The Morgan fingerprint density at radius 3 is 2.89 bits per heavy atom. The summed E-state index contributed by atoms with van der Waals surface area (Å²) in [4.78, 5) is 12.1. The molecule has 0 aliphatic carbocycles. The fourth-order valence-electron chi connectivity index (χ4n) is 1.92. The Hall–Kier alpha value is -1.03. The second kappa shape index (κ2) is 5.74. The zero-order chi connectivity index (χ0) is 13.1. The first-order chi connectivity index (χ1) is 8.61. The fourth-order valence-corrected chi connectivity index (χ4v) is 2.48. The van der Waals surface area contributed by atoms with E-state index in [1.165, 1.54) is 0 Å². The first-order valence-electron chi connectivity index (χ1n) is 6.22. The largest absolute Gasteiger partial charge is 0.480 e. The third kappa shape index (κ3) is 2.86. The van der Waals surface area contributed by atoms with Crippen LogP contribution in [0.4, 0.5) is 0 Å². The van der Waals surface area contributed by atoms with Crippen LogP contribution in [0.1, 0.15) is 19.4 Å². The number of carbonyl (C=O) groups is 1. The van der Waals surface area contributed by atoms with Crippen molar-refractivity contribution >= 4 is 21.8 Å². The molecule has 1 N–H and O–H groups in total. The fraction of sp³-hybridized carbons (Fsp3) is 0.500. The lowest BCUT2D eigenvalue weighted by molar-refractivity contribution is -0.128. The number of carbonyl (C=O) groups excluding carboxylic acids is 1. The first-order valence-corrected chi connectivity index (χ1v) is 7.35. The normalized spacial score (nSPS) is 20.7. The summed E-state index contributed by atoms with van der Waals surface area (Å²) >= 11 is 3.43. The third-order valence-corrected chi connectivity index (χ3v) is 4.43. The minimum Gasteiger partial charge on any atom is -0.480 e. The predicted molar refractivity (Wildman–Crippen MR) is 75.1 cm³/mol.